The Morgan fingerprint density at radius 3 is 2.55 bits per heavy atom. The fourth-order valence-electron chi connectivity index (χ4n) is 1.53. The van der Waals surface area contributed by atoms with E-state index in [1.807, 2.05) is 30.3 Å². The number of carbonyl (C=O) groups is 1. The highest BCUT2D eigenvalue weighted by Gasteiger charge is 2.18. The van der Waals surface area contributed by atoms with Crippen molar-refractivity contribution in [1.82, 2.24) is 0 Å². The van der Waals surface area contributed by atoms with Crippen LogP contribution in [0.2, 0.25) is 5.02 Å². The van der Waals surface area contributed by atoms with E-state index in [1.54, 1.807) is 0 Å². The number of hydrogen-bond donors (Lipinski definition) is 0. The number of rotatable bonds is 4. The summed E-state index contributed by atoms with van der Waals surface area (Å²) >= 11 is 7.21. The van der Waals surface area contributed by atoms with Crippen LogP contribution in [-0.4, -0.2) is 5.91 Å². The molecule has 102 valence electrons. The smallest absolute Gasteiger partial charge is 0.260 e. The van der Waals surface area contributed by atoms with Crippen LogP contribution < -0.4 is 4.31 Å². The minimum absolute atomic E-state index is 0.170. The van der Waals surface area contributed by atoms with Crippen molar-refractivity contribution in [2.24, 2.45) is 0 Å². The predicted octanol–water partition coefficient (Wildman–Crippen LogP) is 4.71. The first-order valence-electron chi connectivity index (χ1n) is 5.76. The van der Waals surface area contributed by atoms with Crippen LogP contribution in [0.1, 0.15) is 0 Å². The van der Waals surface area contributed by atoms with E-state index in [0.717, 1.165) is 4.90 Å². The third kappa shape index (κ3) is 3.40. The molecule has 2 aromatic carbocycles. The van der Waals surface area contributed by atoms with Crippen LogP contribution in [0.5, 0.6) is 0 Å². The third-order valence-electron chi connectivity index (χ3n) is 2.44. The van der Waals surface area contributed by atoms with Gasteiger partial charge in [-0.25, -0.2) is 8.70 Å². The number of nitrogens with zero attached hydrogens (tertiary/aromatic N) is 1. The fraction of sp³-hybridized carbons (Fsp3) is 0. The second-order valence-corrected chi connectivity index (χ2v) is 5.26. The zero-order chi connectivity index (χ0) is 14.5. The molecule has 0 N–H and O–H groups in total. The van der Waals surface area contributed by atoms with Crippen LogP contribution in [0.25, 0.3) is 0 Å². The summed E-state index contributed by atoms with van der Waals surface area (Å²) < 4.78 is 14.5. The lowest BCUT2D eigenvalue weighted by Gasteiger charge is -2.20. The van der Waals surface area contributed by atoms with Gasteiger partial charge in [-0.2, -0.15) is 0 Å². The van der Waals surface area contributed by atoms with Gasteiger partial charge in [-0.3, -0.25) is 4.79 Å². The van der Waals surface area contributed by atoms with Gasteiger partial charge in [0.05, 0.1) is 10.7 Å². The first-order valence-corrected chi connectivity index (χ1v) is 6.91. The van der Waals surface area contributed by atoms with Gasteiger partial charge in [0.1, 0.15) is 5.82 Å². The number of halogens is 2. The molecule has 1 amide bonds. The van der Waals surface area contributed by atoms with Gasteiger partial charge < -0.3 is 0 Å². The predicted molar refractivity (Wildman–Crippen MR) is 81.4 cm³/mol. The SMILES string of the molecule is C=CC(=O)N(Sc1ccccc1)c1ccc(F)cc1Cl. The van der Waals surface area contributed by atoms with Gasteiger partial charge in [0.15, 0.2) is 0 Å². The lowest BCUT2D eigenvalue weighted by Crippen LogP contribution is -2.21. The molecule has 0 spiro atoms. The van der Waals surface area contributed by atoms with E-state index < -0.39 is 5.82 Å². The van der Waals surface area contributed by atoms with Crippen LogP contribution in [0.4, 0.5) is 10.1 Å². The van der Waals surface area contributed by atoms with Crippen molar-refractivity contribution in [2.75, 3.05) is 4.31 Å². The Labute approximate surface area is 126 Å². The second kappa shape index (κ2) is 6.59. The van der Waals surface area contributed by atoms with Crippen molar-refractivity contribution in [3.63, 3.8) is 0 Å². The zero-order valence-corrected chi connectivity index (χ0v) is 12.0. The van der Waals surface area contributed by atoms with Gasteiger partial charge in [0, 0.05) is 4.90 Å². The van der Waals surface area contributed by atoms with E-state index in [9.17, 15) is 9.18 Å². The van der Waals surface area contributed by atoms with Gasteiger partial charge in [0.25, 0.3) is 5.91 Å². The molecule has 0 aliphatic carbocycles. The highest BCUT2D eigenvalue weighted by atomic mass is 35.5. The van der Waals surface area contributed by atoms with Crippen LogP contribution in [0.3, 0.4) is 0 Å². The molecule has 2 rings (SSSR count). The Morgan fingerprint density at radius 1 is 1.25 bits per heavy atom. The molecule has 0 aliphatic rings. The van der Waals surface area contributed by atoms with Crippen molar-refractivity contribution in [2.45, 2.75) is 4.90 Å². The maximum atomic E-state index is 13.1. The van der Waals surface area contributed by atoms with Gasteiger partial charge >= 0.3 is 0 Å². The molecule has 2 aromatic rings. The van der Waals surface area contributed by atoms with E-state index >= 15 is 0 Å². The summed E-state index contributed by atoms with van der Waals surface area (Å²) in [5, 5.41) is 0.170. The van der Waals surface area contributed by atoms with Gasteiger partial charge in [-0.05, 0) is 48.4 Å². The van der Waals surface area contributed by atoms with Crippen molar-refractivity contribution in [3.8, 4) is 0 Å². The fourth-order valence-corrected chi connectivity index (χ4v) is 2.74. The molecular weight excluding hydrogens is 297 g/mol. The molecule has 0 unspecified atom stereocenters. The number of carbonyl (C=O) groups excluding carboxylic acids is 1. The van der Waals surface area contributed by atoms with Crippen molar-refractivity contribution >= 4 is 35.1 Å². The highest BCUT2D eigenvalue weighted by Crippen LogP contribution is 2.34. The summed E-state index contributed by atoms with van der Waals surface area (Å²) in [7, 11) is 0. The van der Waals surface area contributed by atoms with E-state index in [4.69, 9.17) is 11.6 Å². The topological polar surface area (TPSA) is 20.3 Å². The summed E-state index contributed by atoms with van der Waals surface area (Å²) in [6.07, 6.45) is 1.19. The van der Waals surface area contributed by atoms with Crippen molar-refractivity contribution in [3.05, 3.63) is 72.0 Å². The molecule has 0 radical (unpaired) electrons. The maximum Gasteiger partial charge on any atom is 0.260 e. The average molecular weight is 308 g/mol. The lowest BCUT2D eigenvalue weighted by molar-refractivity contribution is -0.113. The monoisotopic (exact) mass is 307 g/mol. The lowest BCUT2D eigenvalue weighted by atomic mass is 10.3. The average Bonchev–Trinajstić information content (AvgIpc) is 2.46. The molecule has 0 aliphatic heterocycles. The molecule has 0 saturated carbocycles. The molecule has 0 aromatic heterocycles. The molecule has 0 heterocycles. The zero-order valence-electron chi connectivity index (χ0n) is 10.4. The number of anilines is 1. The normalized spacial score (nSPS) is 10.1. The molecule has 20 heavy (non-hydrogen) atoms. The van der Waals surface area contributed by atoms with E-state index in [2.05, 4.69) is 6.58 Å². The summed E-state index contributed by atoms with van der Waals surface area (Å²) in [5.74, 6) is -0.776. The van der Waals surface area contributed by atoms with Gasteiger partial charge in [-0.15, -0.1) is 0 Å². The minimum Gasteiger partial charge on any atom is -0.268 e. The van der Waals surface area contributed by atoms with Gasteiger partial charge in [0.2, 0.25) is 0 Å². The van der Waals surface area contributed by atoms with Crippen LogP contribution in [0.15, 0.2) is 66.1 Å². The van der Waals surface area contributed by atoms with Crippen LogP contribution in [-0.2, 0) is 4.79 Å². The minimum atomic E-state index is -0.450. The molecule has 5 heteroatoms. The number of amides is 1. The molecule has 0 bridgehead atoms. The van der Waals surface area contributed by atoms with Crippen molar-refractivity contribution < 1.29 is 9.18 Å². The maximum absolute atomic E-state index is 13.1. The van der Waals surface area contributed by atoms with Crippen LogP contribution in [0, 0.1) is 5.82 Å². The Kier molecular flexibility index (Phi) is 4.82. The second-order valence-electron chi connectivity index (χ2n) is 3.84. The molecule has 0 fully saturated rings. The molecule has 0 atom stereocenters. The van der Waals surface area contributed by atoms with Crippen LogP contribution >= 0.6 is 23.5 Å². The molecule has 2 nitrogen and oxygen atoms in total. The van der Waals surface area contributed by atoms with E-state index in [-0.39, 0.29) is 10.9 Å². The third-order valence-corrected chi connectivity index (χ3v) is 3.79. The summed E-state index contributed by atoms with van der Waals surface area (Å²) in [5.41, 5.74) is 0.423. The largest absolute Gasteiger partial charge is 0.268 e. The number of benzene rings is 2. The molecule has 0 saturated heterocycles. The first kappa shape index (κ1) is 14.6. The molecular formula is C15H11ClFNOS. The Morgan fingerprint density at radius 2 is 1.95 bits per heavy atom. The summed E-state index contributed by atoms with van der Waals surface area (Å²) in [6, 6.07) is 13.2. The Hall–Kier alpha value is -1.78. The standard InChI is InChI=1S/C15H11ClFNOS/c1-2-15(19)18(20-12-6-4-3-5-7-12)14-9-8-11(17)10-13(14)16/h2-10H,1H2. The van der Waals surface area contributed by atoms with Crippen molar-refractivity contribution in [1.29, 1.82) is 0 Å². The van der Waals surface area contributed by atoms with Gasteiger partial charge in [-0.1, -0.05) is 36.4 Å². The number of hydrogen-bond acceptors (Lipinski definition) is 2. The Balaban J connectivity index is 2.37. The summed E-state index contributed by atoms with van der Waals surface area (Å²) in [4.78, 5) is 12.9. The highest BCUT2D eigenvalue weighted by molar-refractivity contribution is 8.01. The van der Waals surface area contributed by atoms with E-state index in [0.29, 0.717) is 5.69 Å². The van der Waals surface area contributed by atoms with E-state index in [1.165, 1.54) is 40.5 Å². The quantitative estimate of drug-likeness (QED) is 0.602. The first-order chi connectivity index (χ1) is 9.61. The Bertz CT molecular complexity index is 633. The summed E-state index contributed by atoms with van der Waals surface area (Å²) in [6.45, 7) is 3.47.